The van der Waals surface area contributed by atoms with Gasteiger partial charge in [-0.05, 0) is 30.3 Å². The quantitative estimate of drug-likeness (QED) is 0.887. The highest BCUT2D eigenvalue weighted by atomic mass is 35.5. The maximum absolute atomic E-state index is 12.2. The van der Waals surface area contributed by atoms with Gasteiger partial charge < -0.3 is 5.11 Å². The predicted molar refractivity (Wildman–Crippen MR) is 78.5 cm³/mol. The van der Waals surface area contributed by atoms with Crippen LogP contribution < -0.4 is 4.72 Å². The van der Waals surface area contributed by atoms with Gasteiger partial charge in [-0.15, -0.1) is 0 Å². The molecule has 0 unspecified atom stereocenters. The number of anilines is 1. The van der Waals surface area contributed by atoms with E-state index in [0.717, 1.165) is 6.07 Å². The Bertz CT molecular complexity index is 788. The zero-order valence-corrected chi connectivity index (χ0v) is 12.6. The Balaban J connectivity index is 2.37. The minimum Gasteiger partial charge on any atom is -0.477 e. The van der Waals surface area contributed by atoms with Gasteiger partial charge in [-0.3, -0.25) is 4.72 Å². The molecule has 9 heteroatoms. The summed E-state index contributed by atoms with van der Waals surface area (Å²) < 4.78 is 26.6. The van der Waals surface area contributed by atoms with Gasteiger partial charge >= 0.3 is 5.97 Å². The molecule has 0 aliphatic rings. The largest absolute Gasteiger partial charge is 0.477 e. The van der Waals surface area contributed by atoms with E-state index in [1.54, 1.807) is 0 Å². The number of carbonyl (C=O) groups is 1. The Morgan fingerprint density at radius 3 is 2.33 bits per heavy atom. The standard InChI is InChI=1S/C12H8Cl2N2O4S/c13-7-3-8(14)5-10(4-7)21(19,20)16-9-1-2-15-11(6-9)12(17)18/h1-6H,(H,15,16)(H,17,18). The summed E-state index contributed by atoms with van der Waals surface area (Å²) in [6, 6.07) is 6.30. The van der Waals surface area contributed by atoms with Crippen LogP contribution in [0.3, 0.4) is 0 Å². The molecule has 1 aromatic carbocycles. The lowest BCUT2D eigenvalue weighted by molar-refractivity contribution is 0.0690. The monoisotopic (exact) mass is 346 g/mol. The van der Waals surface area contributed by atoms with Crippen molar-refractivity contribution in [1.82, 2.24) is 4.98 Å². The van der Waals surface area contributed by atoms with Gasteiger partial charge in [-0.2, -0.15) is 0 Å². The fourth-order valence-corrected chi connectivity index (χ4v) is 3.28. The number of rotatable bonds is 4. The van der Waals surface area contributed by atoms with Crippen LogP contribution in [0.5, 0.6) is 0 Å². The molecule has 0 amide bonds. The topological polar surface area (TPSA) is 96.4 Å². The van der Waals surface area contributed by atoms with Gasteiger partial charge in [0.2, 0.25) is 0 Å². The second-order valence-corrected chi connectivity index (χ2v) is 6.50. The molecular formula is C12H8Cl2N2O4S. The lowest BCUT2D eigenvalue weighted by Crippen LogP contribution is -2.13. The first-order valence-corrected chi connectivity index (χ1v) is 7.70. The van der Waals surface area contributed by atoms with Gasteiger partial charge in [0.05, 0.1) is 10.6 Å². The van der Waals surface area contributed by atoms with Gasteiger partial charge in [0.1, 0.15) is 5.69 Å². The zero-order chi connectivity index (χ0) is 15.6. The van der Waals surface area contributed by atoms with Crippen LogP contribution in [-0.2, 0) is 10.0 Å². The Kier molecular flexibility index (Phi) is 4.36. The van der Waals surface area contributed by atoms with Crippen molar-refractivity contribution in [2.75, 3.05) is 4.72 Å². The first kappa shape index (κ1) is 15.6. The summed E-state index contributed by atoms with van der Waals surface area (Å²) in [5.41, 5.74) is -0.210. The number of sulfonamides is 1. The molecule has 0 saturated heterocycles. The van der Waals surface area contributed by atoms with Crippen LogP contribution in [0.4, 0.5) is 5.69 Å². The molecule has 0 saturated carbocycles. The Morgan fingerprint density at radius 2 is 1.76 bits per heavy atom. The smallest absolute Gasteiger partial charge is 0.354 e. The molecule has 21 heavy (non-hydrogen) atoms. The zero-order valence-electron chi connectivity index (χ0n) is 10.2. The van der Waals surface area contributed by atoms with E-state index in [0.29, 0.717) is 0 Å². The molecule has 2 N–H and O–H groups in total. The average molecular weight is 347 g/mol. The maximum Gasteiger partial charge on any atom is 0.354 e. The van der Waals surface area contributed by atoms with Crippen molar-refractivity contribution in [2.24, 2.45) is 0 Å². The molecule has 1 heterocycles. The lowest BCUT2D eigenvalue weighted by Gasteiger charge is -2.09. The normalized spacial score (nSPS) is 11.1. The van der Waals surface area contributed by atoms with Crippen molar-refractivity contribution < 1.29 is 18.3 Å². The average Bonchev–Trinajstić information content (AvgIpc) is 2.37. The molecule has 0 aliphatic heterocycles. The SMILES string of the molecule is O=C(O)c1cc(NS(=O)(=O)c2cc(Cl)cc(Cl)c2)ccn1. The van der Waals surface area contributed by atoms with Crippen molar-refractivity contribution in [3.63, 3.8) is 0 Å². The molecule has 0 atom stereocenters. The number of hydrogen-bond acceptors (Lipinski definition) is 4. The summed E-state index contributed by atoms with van der Waals surface area (Å²) >= 11 is 11.5. The molecule has 0 spiro atoms. The minimum absolute atomic E-state index is 0.0681. The first-order valence-electron chi connectivity index (χ1n) is 5.46. The number of carboxylic acid groups (broad SMARTS) is 1. The molecule has 2 aromatic rings. The third kappa shape index (κ3) is 3.84. The molecule has 110 valence electrons. The fourth-order valence-electron chi connectivity index (χ4n) is 1.51. The molecule has 6 nitrogen and oxygen atoms in total. The maximum atomic E-state index is 12.2. The number of nitrogens with zero attached hydrogens (tertiary/aromatic N) is 1. The number of pyridine rings is 1. The summed E-state index contributed by atoms with van der Waals surface area (Å²) in [5.74, 6) is -1.26. The molecule has 1 aromatic heterocycles. The van der Waals surface area contributed by atoms with Crippen LogP contribution in [0.25, 0.3) is 0 Å². The van der Waals surface area contributed by atoms with Crippen molar-refractivity contribution in [3.05, 3.63) is 52.3 Å². The highest BCUT2D eigenvalue weighted by molar-refractivity contribution is 7.92. The number of benzene rings is 1. The summed E-state index contributed by atoms with van der Waals surface area (Å²) in [7, 11) is -3.94. The van der Waals surface area contributed by atoms with Crippen LogP contribution in [0.1, 0.15) is 10.5 Å². The lowest BCUT2D eigenvalue weighted by atomic mass is 10.3. The van der Waals surface area contributed by atoms with Crippen LogP contribution in [0, 0.1) is 0 Å². The Morgan fingerprint density at radius 1 is 1.14 bits per heavy atom. The van der Waals surface area contributed by atoms with E-state index in [9.17, 15) is 13.2 Å². The van der Waals surface area contributed by atoms with Crippen LogP contribution in [-0.4, -0.2) is 24.5 Å². The second kappa shape index (κ2) is 5.88. The third-order valence-electron chi connectivity index (χ3n) is 2.38. The Hall–Kier alpha value is -1.83. The van der Waals surface area contributed by atoms with Gasteiger partial charge in [0.15, 0.2) is 0 Å². The molecule has 0 fully saturated rings. The molecule has 2 rings (SSSR count). The summed E-state index contributed by atoms with van der Waals surface area (Å²) in [6.07, 6.45) is 1.19. The highest BCUT2D eigenvalue weighted by Crippen LogP contribution is 2.24. The van der Waals surface area contributed by atoms with Crippen LogP contribution >= 0.6 is 23.2 Å². The third-order valence-corrected chi connectivity index (χ3v) is 4.17. The predicted octanol–water partition coefficient (Wildman–Crippen LogP) is 2.89. The number of nitrogens with one attached hydrogen (secondary N) is 1. The van der Waals surface area contributed by atoms with Crippen LogP contribution in [0.2, 0.25) is 10.0 Å². The van der Waals surface area contributed by atoms with E-state index in [1.807, 2.05) is 0 Å². The minimum atomic E-state index is -3.94. The number of halogens is 2. The van der Waals surface area contributed by atoms with Crippen molar-refractivity contribution in [1.29, 1.82) is 0 Å². The summed E-state index contributed by atoms with van der Waals surface area (Å²) in [5, 5.41) is 9.16. The molecule has 0 aliphatic carbocycles. The van der Waals surface area contributed by atoms with E-state index in [4.69, 9.17) is 28.3 Å². The summed E-state index contributed by atoms with van der Waals surface area (Å²) in [4.78, 5) is 14.3. The van der Waals surface area contributed by atoms with Gasteiger partial charge in [-0.1, -0.05) is 23.2 Å². The number of hydrogen-bond donors (Lipinski definition) is 2. The van der Waals surface area contributed by atoms with Crippen molar-refractivity contribution in [2.45, 2.75) is 4.90 Å². The van der Waals surface area contributed by atoms with E-state index < -0.39 is 16.0 Å². The van der Waals surface area contributed by atoms with Crippen molar-refractivity contribution in [3.8, 4) is 0 Å². The van der Waals surface area contributed by atoms with E-state index in [2.05, 4.69) is 9.71 Å². The summed E-state index contributed by atoms with van der Waals surface area (Å²) in [6.45, 7) is 0. The van der Waals surface area contributed by atoms with Crippen molar-refractivity contribution >= 4 is 44.9 Å². The van der Waals surface area contributed by atoms with Gasteiger partial charge in [-0.25, -0.2) is 18.2 Å². The number of aromatic carboxylic acids is 1. The van der Waals surface area contributed by atoms with E-state index >= 15 is 0 Å². The van der Waals surface area contributed by atoms with E-state index in [-0.39, 0.29) is 26.3 Å². The number of carboxylic acids is 1. The molecular weight excluding hydrogens is 339 g/mol. The fraction of sp³-hybridized carbons (Fsp3) is 0. The molecule has 0 bridgehead atoms. The van der Waals surface area contributed by atoms with E-state index in [1.165, 1.54) is 30.5 Å². The molecule has 0 radical (unpaired) electrons. The second-order valence-electron chi connectivity index (χ2n) is 3.95. The van der Waals surface area contributed by atoms with Gasteiger partial charge in [0.25, 0.3) is 10.0 Å². The highest BCUT2D eigenvalue weighted by Gasteiger charge is 2.16. The van der Waals surface area contributed by atoms with Crippen LogP contribution in [0.15, 0.2) is 41.4 Å². The van der Waals surface area contributed by atoms with Gasteiger partial charge in [0, 0.05) is 16.2 Å². The first-order chi connectivity index (χ1) is 9.78. The number of aromatic nitrogens is 1. The Labute approximate surface area is 130 Å².